The van der Waals surface area contributed by atoms with Crippen molar-refractivity contribution < 1.29 is 17.9 Å². The first-order valence-electron chi connectivity index (χ1n) is 7.27. The quantitative estimate of drug-likeness (QED) is 0.792. The van der Waals surface area contributed by atoms with Gasteiger partial charge in [0.2, 0.25) is 10.0 Å². The number of nitrogens with one attached hydrogen (secondary N) is 2. The Morgan fingerprint density at radius 3 is 2.70 bits per heavy atom. The molecular formula is C15H23ClN2O4S. The van der Waals surface area contributed by atoms with Crippen molar-refractivity contribution in [3.05, 3.63) is 29.3 Å². The van der Waals surface area contributed by atoms with E-state index in [0.717, 1.165) is 13.0 Å². The second-order valence-electron chi connectivity index (χ2n) is 5.67. The van der Waals surface area contributed by atoms with Crippen LogP contribution in [0.5, 0.6) is 0 Å². The number of halogens is 1. The number of piperidine rings is 1. The van der Waals surface area contributed by atoms with E-state index in [1.807, 2.05) is 6.92 Å². The molecule has 0 spiro atoms. The van der Waals surface area contributed by atoms with Gasteiger partial charge in [-0.15, -0.1) is 12.4 Å². The molecule has 0 aromatic heterocycles. The lowest BCUT2D eigenvalue weighted by molar-refractivity contribution is 0.0599. The summed E-state index contributed by atoms with van der Waals surface area (Å²) in [4.78, 5) is 11.8. The van der Waals surface area contributed by atoms with Crippen LogP contribution in [0.3, 0.4) is 0 Å². The number of hydrogen-bond donors (Lipinski definition) is 2. The zero-order chi connectivity index (χ0) is 16.3. The van der Waals surface area contributed by atoms with Gasteiger partial charge in [-0.05, 0) is 43.5 Å². The van der Waals surface area contributed by atoms with Gasteiger partial charge < -0.3 is 10.1 Å². The van der Waals surface area contributed by atoms with Crippen LogP contribution < -0.4 is 10.0 Å². The molecule has 1 aromatic carbocycles. The molecule has 8 heteroatoms. The van der Waals surface area contributed by atoms with Crippen LogP contribution in [0.25, 0.3) is 0 Å². The third kappa shape index (κ3) is 4.67. The number of esters is 1. The van der Waals surface area contributed by atoms with Crippen LogP contribution in [-0.4, -0.2) is 40.6 Å². The molecule has 1 aliphatic heterocycles. The van der Waals surface area contributed by atoms with E-state index in [9.17, 15) is 13.2 Å². The van der Waals surface area contributed by atoms with E-state index < -0.39 is 16.0 Å². The van der Waals surface area contributed by atoms with E-state index >= 15 is 0 Å². The number of carbonyl (C=O) groups is 1. The monoisotopic (exact) mass is 362 g/mol. The van der Waals surface area contributed by atoms with Gasteiger partial charge in [0, 0.05) is 12.6 Å². The third-order valence-corrected chi connectivity index (χ3v) is 5.55. The van der Waals surface area contributed by atoms with E-state index in [-0.39, 0.29) is 34.8 Å². The van der Waals surface area contributed by atoms with Crippen molar-refractivity contribution in [1.82, 2.24) is 10.0 Å². The molecular weight excluding hydrogens is 340 g/mol. The Balaban J connectivity index is 0.00000264. The lowest BCUT2D eigenvalue weighted by atomic mass is 9.96. The van der Waals surface area contributed by atoms with Crippen molar-refractivity contribution in [2.45, 2.75) is 31.2 Å². The zero-order valence-corrected chi connectivity index (χ0v) is 15.1. The van der Waals surface area contributed by atoms with Crippen molar-refractivity contribution in [2.75, 3.05) is 20.2 Å². The number of methoxy groups -OCH3 is 1. The fourth-order valence-corrected chi connectivity index (χ4v) is 3.88. The van der Waals surface area contributed by atoms with Crippen molar-refractivity contribution in [3.63, 3.8) is 0 Å². The van der Waals surface area contributed by atoms with Crippen molar-refractivity contribution in [1.29, 1.82) is 0 Å². The van der Waals surface area contributed by atoms with Gasteiger partial charge in [0.1, 0.15) is 0 Å². The van der Waals surface area contributed by atoms with Gasteiger partial charge in [0.15, 0.2) is 0 Å². The Morgan fingerprint density at radius 2 is 2.09 bits per heavy atom. The molecule has 23 heavy (non-hydrogen) atoms. The minimum atomic E-state index is -3.67. The SMILES string of the molecule is COC(=O)c1cc(S(=O)(=O)NC2CNCCC2C)ccc1C.Cl. The molecule has 1 saturated heterocycles. The number of aryl methyl sites for hydroxylation is 1. The second-order valence-corrected chi connectivity index (χ2v) is 7.38. The molecule has 1 aliphatic rings. The predicted molar refractivity (Wildman–Crippen MR) is 90.5 cm³/mol. The minimum absolute atomic E-state index is 0. The summed E-state index contributed by atoms with van der Waals surface area (Å²) in [5, 5.41) is 3.19. The molecule has 6 nitrogen and oxygen atoms in total. The van der Waals surface area contributed by atoms with Crippen LogP contribution in [-0.2, 0) is 14.8 Å². The first-order valence-corrected chi connectivity index (χ1v) is 8.75. The summed E-state index contributed by atoms with van der Waals surface area (Å²) in [5.74, 6) is -0.274. The van der Waals surface area contributed by atoms with Gasteiger partial charge in [-0.1, -0.05) is 13.0 Å². The third-order valence-electron chi connectivity index (χ3n) is 4.06. The Hall–Kier alpha value is -1.15. The van der Waals surface area contributed by atoms with Crippen LogP contribution in [0.4, 0.5) is 0 Å². The van der Waals surface area contributed by atoms with Crippen molar-refractivity contribution >= 4 is 28.4 Å². The summed E-state index contributed by atoms with van der Waals surface area (Å²) in [5.41, 5.74) is 0.943. The number of ether oxygens (including phenoxy) is 1. The first-order chi connectivity index (χ1) is 10.3. The standard InChI is InChI=1S/C15H22N2O4S.ClH/c1-10-4-5-12(8-13(10)15(18)21-3)22(19,20)17-14-9-16-7-6-11(14)2;/h4-5,8,11,14,16-17H,6-7,9H2,1-3H3;1H. The molecule has 0 bridgehead atoms. The van der Waals surface area contributed by atoms with Crippen LogP contribution in [0.2, 0.25) is 0 Å². The lowest BCUT2D eigenvalue weighted by Gasteiger charge is -2.30. The van der Waals surface area contributed by atoms with Crippen LogP contribution >= 0.6 is 12.4 Å². The van der Waals surface area contributed by atoms with Gasteiger partial charge in [-0.2, -0.15) is 0 Å². The molecule has 2 atom stereocenters. The van der Waals surface area contributed by atoms with Gasteiger partial charge in [-0.25, -0.2) is 17.9 Å². The molecule has 0 saturated carbocycles. The molecule has 1 heterocycles. The van der Waals surface area contributed by atoms with Crippen molar-refractivity contribution in [3.8, 4) is 0 Å². The van der Waals surface area contributed by atoms with E-state index in [1.54, 1.807) is 13.0 Å². The molecule has 2 rings (SSSR count). The van der Waals surface area contributed by atoms with Crippen LogP contribution in [0.15, 0.2) is 23.1 Å². The molecule has 0 radical (unpaired) electrons. The summed E-state index contributed by atoms with van der Waals surface area (Å²) in [6, 6.07) is 4.33. The Morgan fingerprint density at radius 1 is 1.39 bits per heavy atom. The minimum Gasteiger partial charge on any atom is -0.465 e. The Labute approximate surface area is 143 Å². The number of hydrogen-bond acceptors (Lipinski definition) is 5. The van der Waals surface area contributed by atoms with Gasteiger partial charge in [0.25, 0.3) is 0 Å². The summed E-state index contributed by atoms with van der Waals surface area (Å²) in [6.07, 6.45) is 0.925. The van der Waals surface area contributed by atoms with Crippen LogP contribution in [0, 0.1) is 12.8 Å². The molecule has 0 amide bonds. The fourth-order valence-electron chi connectivity index (χ4n) is 2.51. The maximum Gasteiger partial charge on any atom is 0.338 e. The highest BCUT2D eigenvalue weighted by molar-refractivity contribution is 7.89. The topological polar surface area (TPSA) is 84.5 Å². The van der Waals surface area contributed by atoms with Gasteiger partial charge >= 0.3 is 5.97 Å². The normalized spacial score (nSPS) is 21.3. The van der Waals surface area contributed by atoms with E-state index in [4.69, 9.17) is 0 Å². The molecule has 0 aliphatic carbocycles. The van der Waals surface area contributed by atoms with Gasteiger partial charge in [-0.3, -0.25) is 0 Å². The van der Waals surface area contributed by atoms with E-state index in [0.29, 0.717) is 12.1 Å². The summed E-state index contributed by atoms with van der Waals surface area (Å²) >= 11 is 0. The average molecular weight is 363 g/mol. The highest BCUT2D eigenvalue weighted by Gasteiger charge is 2.27. The average Bonchev–Trinajstić information content (AvgIpc) is 2.49. The summed E-state index contributed by atoms with van der Waals surface area (Å²) < 4.78 is 32.5. The molecule has 130 valence electrons. The Kier molecular flexibility index (Phi) is 7.01. The molecule has 2 unspecified atom stereocenters. The Bertz CT molecular complexity index is 663. The van der Waals surface area contributed by atoms with Gasteiger partial charge in [0.05, 0.1) is 17.6 Å². The summed E-state index contributed by atoms with van der Waals surface area (Å²) in [7, 11) is -2.40. The van der Waals surface area contributed by atoms with E-state index in [1.165, 1.54) is 19.2 Å². The predicted octanol–water partition coefficient (Wildman–Crippen LogP) is 1.48. The zero-order valence-electron chi connectivity index (χ0n) is 13.5. The fraction of sp³-hybridized carbons (Fsp3) is 0.533. The largest absolute Gasteiger partial charge is 0.465 e. The van der Waals surface area contributed by atoms with Crippen molar-refractivity contribution in [2.24, 2.45) is 5.92 Å². The second kappa shape index (κ2) is 8.10. The highest BCUT2D eigenvalue weighted by Crippen LogP contribution is 2.19. The smallest absolute Gasteiger partial charge is 0.338 e. The van der Waals surface area contributed by atoms with Crippen LogP contribution in [0.1, 0.15) is 29.3 Å². The number of sulfonamides is 1. The molecule has 1 aromatic rings. The first kappa shape index (κ1) is 19.9. The molecule has 2 N–H and O–H groups in total. The summed E-state index contributed by atoms with van der Waals surface area (Å²) in [6.45, 7) is 5.28. The van der Waals surface area contributed by atoms with E-state index in [2.05, 4.69) is 14.8 Å². The highest BCUT2D eigenvalue weighted by atomic mass is 35.5. The maximum absolute atomic E-state index is 12.5. The molecule has 1 fully saturated rings. The number of rotatable bonds is 4. The lowest BCUT2D eigenvalue weighted by Crippen LogP contribution is -2.50. The number of carbonyl (C=O) groups excluding carboxylic acids is 1. The maximum atomic E-state index is 12.5. The number of benzene rings is 1.